The van der Waals surface area contributed by atoms with Gasteiger partial charge in [-0.2, -0.15) is 10.2 Å². The molecule has 32 heavy (non-hydrogen) atoms. The number of imidazole rings is 2. The minimum Gasteiger partial charge on any atom is -0.390 e. The first-order valence-electron chi connectivity index (χ1n) is 9.94. The number of aryl methyl sites for hydroxylation is 2. The molecule has 0 aliphatic rings. The van der Waals surface area contributed by atoms with E-state index in [1.165, 1.54) is 0 Å². The Hall–Kier alpha value is -4.38. The van der Waals surface area contributed by atoms with Crippen LogP contribution in [0.5, 0.6) is 0 Å². The zero-order chi connectivity index (χ0) is 21.8. The number of pyridine rings is 2. The molecule has 0 amide bonds. The number of aromatic nitrogens is 10. The molecule has 0 saturated heterocycles. The summed E-state index contributed by atoms with van der Waals surface area (Å²) in [6, 6.07) is 3.79. The number of H-pyrrole nitrogens is 2. The van der Waals surface area contributed by atoms with Gasteiger partial charge in [0.05, 0.1) is 59.1 Å². The molecule has 6 heterocycles. The lowest BCUT2D eigenvalue weighted by Crippen LogP contribution is -1.93. The van der Waals surface area contributed by atoms with Crippen LogP contribution in [-0.2, 0) is 13.7 Å². The number of aliphatic hydroxyl groups is 1. The highest BCUT2D eigenvalue weighted by Gasteiger charge is 2.18. The Morgan fingerprint density at radius 3 is 2.78 bits per heavy atom. The van der Waals surface area contributed by atoms with Crippen LogP contribution in [0.1, 0.15) is 11.4 Å². The minimum atomic E-state index is -0.165. The average Bonchev–Trinajstić information content (AvgIpc) is 3.57. The second kappa shape index (κ2) is 6.82. The van der Waals surface area contributed by atoms with Gasteiger partial charge < -0.3 is 14.7 Å². The molecule has 6 rings (SSSR count). The van der Waals surface area contributed by atoms with Gasteiger partial charge in [-0.3, -0.25) is 14.8 Å². The van der Waals surface area contributed by atoms with Crippen molar-refractivity contribution in [3.05, 3.63) is 54.6 Å². The van der Waals surface area contributed by atoms with Crippen LogP contribution in [0.3, 0.4) is 0 Å². The molecule has 0 atom stereocenters. The van der Waals surface area contributed by atoms with Crippen LogP contribution in [0.2, 0.25) is 0 Å². The topological polar surface area (TPSA) is 139 Å². The predicted octanol–water partition coefficient (Wildman–Crippen LogP) is 2.28. The highest BCUT2D eigenvalue weighted by molar-refractivity contribution is 5.92. The SMILES string of the molecule is Cc1cn(-c2cncc3[nH]c(-c4n[nH]c5ccc(-c6cn(C)nc6CO)nc45)nc23)cn1. The minimum absolute atomic E-state index is 0.165. The standard InChI is InChI=1S/C21H18N10O/c1-11-7-31(10-23-11)17-6-22-5-15-18(17)26-21(25-15)20-19-14(27-28-20)4-3-13(24-19)12-8-30(2)29-16(12)9-32/h3-8,10,32H,9H2,1-2H3,(H,25,26)(H,27,28). The number of nitrogens with zero attached hydrogens (tertiary/aromatic N) is 8. The van der Waals surface area contributed by atoms with E-state index >= 15 is 0 Å². The third-order valence-corrected chi connectivity index (χ3v) is 5.33. The first kappa shape index (κ1) is 18.4. The van der Waals surface area contributed by atoms with Crippen LogP contribution in [0, 0.1) is 6.92 Å². The lowest BCUT2D eigenvalue weighted by atomic mass is 10.1. The summed E-state index contributed by atoms with van der Waals surface area (Å²) in [5.41, 5.74) is 7.36. The summed E-state index contributed by atoms with van der Waals surface area (Å²) in [7, 11) is 1.81. The summed E-state index contributed by atoms with van der Waals surface area (Å²) in [4.78, 5) is 21.6. The molecule has 0 fully saturated rings. The van der Waals surface area contributed by atoms with Crippen LogP contribution in [0.4, 0.5) is 0 Å². The number of aromatic amines is 2. The molecule has 158 valence electrons. The van der Waals surface area contributed by atoms with Crippen LogP contribution in [-0.4, -0.2) is 54.6 Å². The summed E-state index contributed by atoms with van der Waals surface area (Å²) in [6.45, 7) is 1.77. The first-order chi connectivity index (χ1) is 15.6. The first-order valence-corrected chi connectivity index (χ1v) is 9.94. The van der Waals surface area contributed by atoms with Gasteiger partial charge in [-0.05, 0) is 19.1 Å². The smallest absolute Gasteiger partial charge is 0.161 e. The molecule has 0 radical (unpaired) electrons. The number of nitrogens with one attached hydrogen (secondary N) is 2. The van der Waals surface area contributed by atoms with Crippen molar-refractivity contribution in [2.24, 2.45) is 7.05 Å². The molecule has 0 spiro atoms. The molecule has 11 nitrogen and oxygen atoms in total. The maximum Gasteiger partial charge on any atom is 0.161 e. The second-order valence-electron chi connectivity index (χ2n) is 7.55. The number of aliphatic hydroxyl groups excluding tert-OH is 1. The largest absolute Gasteiger partial charge is 0.390 e. The van der Waals surface area contributed by atoms with Crippen molar-refractivity contribution in [2.75, 3.05) is 0 Å². The maximum atomic E-state index is 9.65. The number of hydrogen-bond acceptors (Lipinski definition) is 7. The van der Waals surface area contributed by atoms with Crippen LogP contribution in [0.25, 0.3) is 50.5 Å². The molecule has 0 saturated carbocycles. The van der Waals surface area contributed by atoms with Crippen molar-refractivity contribution in [1.29, 1.82) is 0 Å². The molecule has 0 unspecified atom stereocenters. The quantitative estimate of drug-likeness (QED) is 0.393. The zero-order valence-corrected chi connectivity index (χ0v) is 17.3. The molecule has 3 N–H and O–H groups in total. The number of rotatable bonds is 4. The average molecular weight is 426 g/mol. The van der Waals surface area contributed by atoms with Crippen LogP contribution < -0.4 is 0 Å². The fraction of sp³-hybridized carbons (Fsp3) is 0.143. The summed E-state index contributed by atoms with van der Waals surface area (Å²) < 4.78 is 3.56. The molecular weight excluding hydrogens is 408 g/mol. The summed E-state index contributed by atoms with van der Waals surface area (Å²) in [5, 5.41) is 21.4. The molecule has 11 heteroatoms. The van der Waals surface area contributed by atoms with Gasteiger partial charge in [0.15, 0.2) is 11.5 Å². The van der Waals surface area contributed by atoms with Crippen LogP contribution in [0.15, 0.2) is 43.2 Å². The number of fused-ring (bicyclic) bond motifs is 2. The fourth-order valence-corrected chi connectivity index (χ4v) is 3.85. The van der Waals surface area contributed by atoms with Crippen molar-refractivity contribution in [3.63, 3.8) is 0 Å². The summed E-state index contributed by atoms with van der Waals surface area (Å²) in [6.07, 6.45) is 8.99. The van der Waals surface area contributed by atoms with E-state index in [2.05, 4.69) is 30.2 Å². The summed E-state index contributed by atoms with van der Waals surface area (Å²) in [5.74, 6) is 0.579. The van der Waals surface area contributed by atoms with Crippen molar-refractivity contribution in [3.8, 4) is 28.5 Å². The molecule has 0 aliphatic carbocycles. The molecule has 0 aliphatic heterocycles. The lowest BCUT2D eigenvalue weighted by molar-refractivity contribution is 0.276. The fourth-order valence-electron chi connectivity index (χ4n) is 3.85. The molecule has 0 bridgehead atoms. The van der Waals surface area contributed by atoms with Crippen LogP contribution >= 0.6 is 0 Å². The van der Waals surface area contributed by atoms with Crippen molar-refractivity contribution >= 4 is 22.1 Å². The monoisotopic (exact) mass is 426 g/mol. The van der Waals surface area contributed by atoms with Gasteiger partial charge in [0.1, 0.15) is 11.0 Å². The highest BCUT2D eigenvalue weighted by Crippen LogP contribution is 2.29. The Labute approximate surface area is 180 Å². The molecule has 6 aromatic heterocycles. The predicted molar refractivity (Wildman–Crippen MR) is 117 cm³/mol. The van der Waals surface area contributed by atoms with E-state index < -0.39 is 0 Å². The van der Waals surface area contributed by atoms with E-state index in [4.69, 9.17) is 9.97 Å². The lowest BCUT2D eigenvalue weighted by Gasteiger charge is -2.01. The number of hydrogen-bond donors (Lipinski definition) is 3. The second-order valence-corrected chi connectivity index (χ2v) is 7.55. The van der Waals surface area contributed by atoms with Gasteiger partial charge in [0.2, 0.25) is 0 Å². The third kappa shape index (κ3) is 2.79. The molecule has 0 aromatic carbocycles. The van der Waals surface area contributed by atoms with E-state index in [-0.39, 0.29) is 6.61 Å². The van der Waals surface area contributed by atoms with Crippen molar-refractivity contribution < 1.29 is 5.11 Å². The Kier molecular flexibility index (Phi) is 3.92. The van der Waals surface area contributed by atoms with Gasteiger partial charge >= 0.3 is 0 Å². The van der Waals surface area contributed by atoms with E-state index in [9.17, 15) is 5.11 Å². The van der Waals surface area contributed by atoms with E-state index in [1.54, 1.807) is 23.4 Å². The van der Waals surface area contributed by atoms with Crippen molar-refractivity contribution in [1.82, 2.24) is 49.5 Å². The van der Waals surface area contributed by atoms with Crippen molar-refractivity contribution in [2.45, 2.75) is 13.5 Å². The third-order valence-electron chi connectivity index (χ3n) is 5.33. The van der Waals surface area contributed by atoms with E-state index in [1.807, 2.05) is 43.1 Å². The van der Waals surface area contributed by atoms with E-state index in [0.717, 1.165) is 33.5 Å². The normalized spacial score (nSPS) is 11.7. The molecule has 6 aromatic rings. The van der Waals surface area contributed by atoms with Gasteiger partial charge in [0.25, 0.3) is 0 Å². The zero-order valence-electron chi connectivity index (χ0n) is 17.3. The highest BCUT2D eigenvalue weighted by atomic mass is 16.3. The van der Waals surface area contributed by atoms with Gasteiger partial charge in [-0.25, -0.2) is 15.0 Å². The maximum absolute atomic E-state index is 9.65. The Bertz CT molecular complexity index is 1600. The Morgan fingerprint density at radius 2 is 1.97 bits per heavy atom. The van der Waals surface area contributed by atoms with Gasteiger partial charge in [-0.1, -0.05) is 0 Å². The van der Waals surface area contributed by atoms with Gasteiger partial charge in [-0.15, -0.1) is 0 Å². The Balaban J connectivity index is 1.51. The summed E-state index contributed by atoms with van der Waals surface area (Å²) >= 11 is 0. The van der Waals surface area contributed by atoms with Gasteiger partial charge in [0, 0.05) is 25.0 Å². The molecular formula is C21H18N10O. The van der Waals surface area contributed by atoms with E-state index in [0.29, 0.717) is 28.4 Å². The Morgan fingerprint density at radius 1 is 1.06 bits per heavy atom.